The maximum absolute atomic E-state index is 12.6. The summed E-state index contributed by atoms with van der Waals surface area (Å²) >= 11 is 0. The molecule has 1 aliphatic heterocycles. The number of carbonyl (C=O) groups excluding carboxylic acids is 2. The molecule has 2 amide bonds. The quantitative estimate of drug-likeness (QED) is 0.742. The van der Waals surface area contributed by atoms with E-state index < -0.39 is 6.04 Å². The first-order valence-electron chi connectivity index (χ1n) is 10.6. The zero-order valence-corrected chi connectivity index (χ0v) is 17.4. The number of hydrogen-bond donors (Lipinski definition) is 2. The summed E-state index contributed by atoms with van der Waals surface area (Å²) in [7, 11) is 0. The number of aromatic nitrogens is 3. The molecule has 0 radical (unpaired) electrons. The van der Waals surface area contributed by atoms with Crippen molar-refractivity contribution < 1.29 is 9.59 Å². The van der Waals surface area contributed by atoms with E-state index in [1.165, 1.54) is 12.0 Å². The third kappa shape index (κ3) is 4.81. The van der Waals surface area contributed by atoms with Crippen molar-refractivity contribution in [2.24, 2.45) is 0 Å². The number of nitrogens with zero attached hydrogens (tertiary/aromatic N) is 4. The van der Waals surface area contributed by atoms with Crippen LogP contribution in [0.1, 0.15) is 47.6 Å². The topological polar surface area (TPSA) is 100 Å². The maximum Gasteiger partial charge on any atom is 0.237 e. The van der Waals surface area contributed by atoms with Crippen LogP contribution in [0.25, 0.3) is 0 Å². The highest BCUT2D eigenvalue weighted by atomic mass is 16.2. The third-order valence-corrected chi connectivity index (χ3v) is 5.81. The van der Waals surface area contributed by atoms with Crippen LogP contribution < -0.4 is 10.6 Å². The average molecular weight is 409 g/mol. The van der Waals surface area contributed by atoms with Crippen molar-refractivity contribution in [2.45, 2.75) is 58.2 Å². The van der Waals surface area contributed by atoms with Crippen LogP contribution in [0.2, 0.25) is 0 Å². The molecule has 158 valence electrons. The molecule has 1 saturated heterocycles. The van der Waals surface area contributed by atoms with Gasteiger partial charge in [-0.1, -0.05) is 6.07 Å². The average Bonchev–Trinajstić information content (AvgIpc) is 2.75. The third-order valence-electron chi connectivity index (χ3n) is 5.81. The van der Waals surface area contributed by atoms with Crippen molar-refractivity contribution in [1.29, 1.82) is 0 Å². The summed E-state index contributed by atoms with van der Waals surface area (Å²) < 4.78 is 0. The molecule has 8 nitrogen and oxygen atoms in total. The lowest BCUT2D eigenvalue weighted by Crippen LogP contribution is -2.56. The van der Waals surface area contributed by atoms with Crippen molar-refractivity contribution >= 4 is 11.8 Å². The Morgan fingerprint density at radius 2 is 2.17 bits per heavy atom. The van der Waals surface area contributed by atoms with Gasteiger partial charge in [0.15, 0.2) is 0 Å². The first-order valence-corrected chi connectivity index (χ1v) is 10.6. The molecule has 1 fully saturated rings. The fraction of sp³-hybridized carbons (Fsp3) is 0.500. The minimum atomic E-state index is -0.495. The molecule has 2 aliphatic rings. The fourth-order valence-corrected chi connectivity index (χ4v) is 4.25. The summed E-state index contributed by atoms with van der Waals surface area (Å²) in [4.78, 5) is 40.4. The molecule has 3 heterocycles. The number of pyridine rings is 1. The van der Waals surface area contributed by atoms with E-state index in [0.717, 1.165) is 36.2 Å². The summed E-state index contributed by atoms with van der Waals surface area (Å²) in [5.74, 6) is 0.357. The smallest absolute Gasteiger partial charge is 0.237 e. The standard InChI is InChI=1S/C22H28N6O2/c1-15-17-6-2-3-7-18(17)27-20(26-15)13-25-21(29)11-19-22(30)24-9-10-28(19)14-16-5-4-8-23-12-16/h4-5,8,12,19H,2-3,6-7,9-11,13-14H2,1H3,(H,24,30)(H,25,29). The van der Waals surface area contributed by atoms with Gasteiger partial charge in [-0.25, -0.2) is 9.97 Å². The van der Waals surface area contributed by atoms with Crippen molar-refractivity contribution in [2.75, 3.05) is 13.1 Å². The number of nitrogens with one attached hydrogen (secondary N) is 2. The Kier molecular flexibility index (Phi) is 6.32. The maximum atomic E-state index is 12.6. The highest BCUT2D eigenvalue weighted by molar-refractivity contribution is 5.88. The van der Waals surface area contributed by atoms with E-state index >= 15 is 0 Å². The Morgan fingerprint density at radius 3 is 3.00 bits per heavy atom. The lowest BCUT2D eigenvalue weighted by atomic mass is 9.95. The van der Waals surface area contributed by atoms with Gasteiger partial charge in [0.25, 0.3) is 0 Å². The van der Waals surface area contributed by atoms with Crippen LogP contribution in [0.4, 0.5) is 0 Å². The summed E-state index contributed by atoms with van der Waals surface area (Å²) in [5, 5.41) is 5.77. The van der Waals surface area contributed by atoms with Gasteiger partial charge in [0.1, 0.15) is 5.82 Å². The second-order valence-electron chi connectivity index (χ2n) is 7.98. The minimum absolute atomic E-state index is 0.107. The van der Waals surface area contributed by atoms with E-state index in [0.29, 0.717) is 25.5 Å². The predicted molar refractivity (Wildman–Crippen MR) is 111 cm³/mol. The molecule has 2 N–H and O–H groups in total. The monoisotopic (exact) mass is 408 g/mol. The van der Waals surface area contributed by atoms with Gasteiger partial charge in [-0.05, 0) is 49.8 Å². The van der Waals surface area contributed by atoms with Gasteiger partial charge in [-0.2, -0.15) is 0 Å². The Bertz CT molecular complexity index is 917. The van der Waals surface area contributed by atoms with Gasteiger partial charge < -0.3 is 10.6 Å². The second-order valence-corrected chi connectivity index (χ2v) is 7.98. The summed E-state index contributed by atoms with van der Waals surface area (Å²) in [5.41, 5.74) is 4.42. The number of fused-ring (bicyclic) bond motifs is 1. The van der Waals surface area contributed by atoms with E-state index in [-0.39, 0.29) is 24.8 Å². The highest BCUT2D eigenvalue weighted by Gasteiger charge is 2.31. The molecule has 0 aromatic carbocycles. The molecule has 0 bridgehead atoms. The molecular formula is C22H28N6O2. The van der Waals surface area contributed by atoms with Crippen LogP contribution >= 0.6 is 0 Å². The fourth-order valence-electron chi connectivity index (χ4n) is 4.25. The van der Waals surface area contributed by atoms with Crippen LogP contribution in [-0.2, 0) is 35.5 Å². The Morgan fingerprint density at radius 1 is 1.30 bits per heavy atom. The van der Waals surface area contributed by atoms with E-state index in [9.17, 15) is 9.59 Å². The van der Waals surface area contributed by atoms with E-state index in [4.69, 9.17) is 0 Å². The van der Waals surface area contributed by atoms with Crippen LogP contribution in [-0.4, -0.2) is 50.8 Å². The SMILES string of the molecule is Cc1nc(CNC(=O)CC2C(=O)NCCN2Cc2cccnc2)nc2c1CCCC2. The largest absolute Gasteiger partial charge is 0.353 e. The van der Waals surface area contributed by atoms with E-state index in [1.54, 1.807) is 12.4 Å². The van der Waals surface area contributed by atoms with Gasteiger partial charge in [0.05, 0.1) is 19.0 Å². The Balaban J connectivity index is 1.37. The van der Waals surface area contributed by atoms with Crippen molar-refractivity contribution in [1.82, 2.24) is 30.5 Å². The molecule has 0 spiro atoms. The molecular weight excluding hydrogens is 380 g/mol. The first-order chi connectivity index (χ1) is 14.6. The lowest BCUT2D eigenvalue weighted by molar-refractivity contribution is -0.134. The predicted octanol–water partition coefficient (Wildman–Crippen LogP) is 1.07. The molecule has 30 heavy (non-hydrogen) atoms. The number of piperazine rings is 1. The summed E-state index contributed by atoms with van der Waals surface area (Å²) in [6.45, 7) is 4.17. The van der Waals surface area contributed by atoms with Crippen molar-refractivity contribution in [3.8, 4) is 0 Å². The Hall–Kier alpha value is -2.87. The van der Waals surface area contributed by atoms with Crippen LogP contribution in [0.3, 0.4) is 0 Å². The Labute approximate surface area is 176 Å². The minimum Gasteiger partial charge on any atom is -0.353 e. The number of rotatable bonds is 6. The van der Waals surface area contributed by atoms with Gasteiger partial charge in [0.2, 0.25) is 11.8 Å². The number of carbonyl (C=O) groups is 2. The molecule has 1 atom stereocenters. The molecule has 0 saturated carbocycles. The molecule has 2 aromatic rings. The number of amides is 2. The zero-order chi connectivity index (χ0) is 20.9. The summed E-state index contributed by atoms with van der Waals surface area (Å²) in [6, 6.07) is 3.36. The van der Waals surface area contributed by atoms with Gasteiger partial charge in [-0.3, -0.25) is 19.5 Å². The molecule has 8 heteroatoms. The zero-order valence-electron chi connectivity index (χ0n) is 17.4. The van der Waals surface area contributed by atoms with Crippen molar-refractivity contribution in [3.63, 3.8) is 0 Å². The number of hydrogen-bond acceptors (Lipinski definition) is 6. The van der Waals surface area contributed by atoms with Crippen LogP contribution in [0.5, 0.6) is 0 Å². The van der Waals surface area contributed by atoms with E-state index in [1.807, 2.05) is 24.0 Å². The molecule has 4 rings (SSSR count). The van der Waals surface area contributed by atoms with Crippen molar-refractivity contribution in [3.05, 3.63) is 52.9 Å². The second kappa shape index (κ2) is 9.30. The van der Waals surface area contributed by atoms with Crippen LogP contribution in [0, 0.1) is 6.92 Å². The normalized spacial score (nSPS) is 19.1. The molecule has 1 aliphatic carbocycles. The van der Waals surface area contributed by atoms with E-state index in [2.05, 4.69) is 25.6 Å². The number of aryl methyl sites for hydroxylation is 2. The van der Waals surface area contributed by atoms with Gasteiger partial charge in [0, 0.05) is 43.4 Å². The first kappa shape index (κ1) is 20.4. The molecule has 1 unspecified atom stereocenters. The van der Waals surface area contributed by atoms with Gasteiger partial charge >= 0.3 is 0 Å². The van der Waals surface area contributed by atoms with Gasteiger partial charge in [-0.15, -0.1) is 0 Å². The van der Waals surface area contributed by atoms with Crippen LogP contribution in [0.15, 0.2) is 24.5 Å². The molecule has 2 aromatic heterocycles. The lowest BCUT2D eigenvalue weighted by Gasteiger charge is -2.34. The summed E-state index contributed by atoms with van der Waals surface area (Å²) in [6.07, 6.45) is 7.98. The highest BCUT2D eigenvalue weighted by Crippen LogP contribution is 2.21.